The van der Waals surface area contributed by atoms with E-state index in [-0.39, 0.29) is 19.0 Å². The van der Waals surface area contributed by atoms with Crippen LogP contribution in [0, 0.1) is 11.8 Å². The lowest BCUT2D eigenvalue weighted by Gasteiger charge is -1.94. The number of nitrogens with zero attached hydrogens (tertiary/aromatic N) is 2. The second kappa shape index (κ2) is 5.67. The third kappa shape index (κ3) is 3.65. The highest BCUT2D eigenvalue weighted by Crippen LogP contribution is 1.86. The first-order chi connectivity index (χ1) is 6.83. The van der Waals surface area contributed by atoms with Crippen molar-refractivity contribution in [2.24, 2.45) is 5.73 Å². The van der Waals surface area contributed by atoms with Crippen LogP contribution in [-0.4, -0.2) is 29.0 Å². The van der Waals surface area contributed by atoms with E-state index in [0.29, 0.717) is 0 Å². The second-order valence-corrected chi connectivity index (χ2v) is 2.41. The summed E-state index contributed by atoms with van der Waals surface area (Å²) >= 11 is 0. The summed E-state index contributed by atoms with van der Waals surface area (Å²) in [7, 11) is 0. The van der Waals surface area contributed by atoms with Crippen molar-refractivity contribution in [2.75, 3.05) is 13.1 Å². The van der Waals surface area contributed by atoms with Crippen LogP contribution in [0.1, 0.15) is 5.56 Å². The number of hydrogen-bond acceptors (Lipinski definition) is 4. The van der Waals surface area contributed by atoms with Gasteiger partial charge in [0.05, 0.1) is 18.7 Å². The number of nitrogens with two attached hydrogens (primary N) is 1. The monoisotopic (exact) mass is 190 g/mol. The lowest BCUT2D eigenvalue weighted by atomic mass is 10.3. The number of rotatable bonds is 2. The Bertz CT molecular complexity index is 352. The number of carbonyl (C=O) groups is 1. The zero-order valence-electron chi connectivity index (χ0n) is 7.53. The molecule has 1 aromatic rings. The van der Waals surface area contributed by atoms with Gasteiger partial charge in [-0.1, -0.05) is 11.8 Å². The largest absolute Gasteiger partial charge is 0.344 e. The van der Waals surface area contributed by atoms with Crippen molar-refractivity contribution >= 4 is 5.91 Å². The summed E-state index contributed by atoms with van der Waals surface area (Å²) in [5.74, 6) is 5.32. The normalized spacial score (nSPS) is 8.64. The molecule has 0 radical (unpaired) electrons. The Hall–Kier alpha value is -1.93. The average Bonchev–Trinajstić information content (AvgIpc) is 2.25. The SMILES string of the molecule is NCC(=O)NCC#Cc1cncnc1. The van der Waals surface area contributed by atoms with E-state index in [9.17, 15) is 4.79 Å². The molecule has 14 heavy (non-hydrogen) atoms. The third-order valence-electron chi connectivity index (χ3n) is 1.35. The van der Waals surface area contributed by atoms with Gasteiger partial charge in [0.2, 0.25) is 5.91 Å². The molecule has 5 nitrogen and oxygen atoms in total. The van der Waals surface area contributed by atoms with Gasteiger partial charge in [0.1, 0.15) is 6.33 Å². The standard InChI is InChI=1S/C9H10N4O/c10-4-9(14)13-3-1-2-8-5-11-7-12-6-8/h5-7H,3-4,10H2,(H,13,14). The predicted molar refractivity (Wildman–Crippen MR) is 51.0 cm³/mol. The van der Waals surface area contributed by atoms with E-state index in [0.717, 1.165) is 5.56 Å². The van der Waals surface area contributed by atoms with Crippen molar-refractivity contribution in [2.45, 2.75) is 0 Å². The molecule has 1 amide bonds. The molecule has 0 saturated carbocycles. The maximum Gasteiger partial charge on any atom is 0.234 e. The molecule has 0 aromatic carbocycles. The van der Waals surface area contributed by atoms with E-state index in [4.69, 9.17) is 5.73 Å². The fourth-order valence-corrected chi connectivity index (χ4v) is 0.725. The van der Waals surface area contributed by atoms with Crippen LogP contribution in [0.2, 0.25) is 0 Å². The minimum Gasteiger partial charge on any atom is -0.344 e. The Labute approximate surface area is 81.7 Å². The molecule has 0 atom stereocenters. The number of carbonyl (C=O) groups excluding carboxylic acids is 1. The van der Waals surface area contributed by atoms with E-state index in [2.05, 4.69) is 27.1 Å². The van der Waals surface area contributed by atoms with Crippen molar-refractivity contribution in [3.05, 3.63) is 24.3 Å². The molecule has 0 unspecified atom stereocenters. The van der Waals surface area contributed by atoms with Crippen molar-refractivity contribution in [3.8, 4) is 11.8 Å². The Morgan fingerprint density at radius 3 is 2.86 bits per heavy atom. The van der Waals surface area contributed by atoms with Crippen LogP contribution in [-0.2, 0) is 4.79 Å². The van der Waals surface area contributed by atoms with Crippen LogP contribution in [0.5, 0.6) is 0 Å². The molecule has 0 aliphatic rings. The Kier molecular flexibility index (Phi) is 4.11. The van der Waals surface area contributed by atoms with Crippen molar-refractivity contribution < 1.29 is 4.79 Å². The number of nitrogens with one attached hydrogen (secondary N) is 1. The van der Waals surface area contributed by atoms with Crippen LogP contribution in [0.25, 0.3) is 0 Å². The van der Waals surface area contributed by atoms with Gasteiger partial charge in [0, 0.05) is 12.4 Å². The molecule has 1 heterocycles. The molecule has 0 aliphatic carbocycles. The summed E-state index contributed by atoms with van der Waals surface area (Å²) in [5, 5.41) is 2.52. The first-order valence-corrected chi connectivity index (χ1v) is 4.03. The quantitative estimate of drug-likeness (QED) is 0.580. The van der Waals surface area contributed by atoms with E-state index < -0.39 is 0 Å². The van der Waals surface area contributed by atoms with E-state index in [1.807, 2.05) is 0 Å². The highest BCUT2D eigenvalue weighted by molar-refractivity contribution is 5.77. The van der Waals surface area contributed by atoms with Gasteiger partial charge in [-0.3, -0.25) is 4.79 Å². The van der Waals surface area contributed by atoms with Gasteiger partial charge < -0.3 is 11.1 Å². The first-order valence-electron chi connectivity index (χ1n) is 4.03. The molecule has 0 bridgehead atoms. The highest BCUT2D eigenvalue weighted by Gasteiger charge is 1.91. The number of amides is 1. The fourth-order valence-electron chi connectivity index (χ4n) is 0.725. The van der Waals surface area contributed by atoms with Crippen LogP contribution in [0.4, 0.5) is 0 Å². The zero-order chi connectivity index (χ0) is 10.2. The van der Waals surface area contributed by atoms with Gasteiger partial charge >= 0.3 is 0 Å². The zero-order valence-corrected chi connectivity index (χ0v) is 7.53. The van der Waals surface area contributed by atoms with E-state index >= 15 is 0 Å². The lowest BCUT2D eigenvalue weighted by molar-refractivity contribution is -0.119. The molecule has 1 rings (SSSR count). The van der Waals surface area contributed by atoms with Gasteiger partial charge in [-0.25, -0.2) is 9.97 Å². The van der Waals surface area contributed by atoms with Crippen LogP contribution in [0.15, 0.2) is 18.7 Å². The maximum atomic E-state index is 10.7. The minimum absolute atomic E-state index is 0.0177. The molecular weight excluding hydrogens is 180 g/mol. The summed E-state index contributed by atoms with van der Waals surface area (Å²) in [6.07, 6.45) is 4.64. The molecule has 0 saturated heterocycles. The van der Waals surface area contributed by atoms with Crippen LogP contribution < -0.4 is 11.1 Å². The van der Waals surface area contributed by atoms with Gasteiger partial charge in [-0.2, -0.15) is 0 Å². The number of hydrogen-bond donors (Lipinski definition) is 2. The average molecular weight is 190 g/mol. The summed E-state index contributed by atoms with van der Waals surface area (Å²) < 4.78 is 0. The Morgan fingerprint density at radius 1 is 1.50 bits per heavy atom. The molecule has 3 N–H and O–H groups in total. The van der Waals surface area contributed by atoms with Crippen LogP contribution >= 0.6 is 0 Å². The topological polar surface area (TPSA) is 80.9 Å². The van der Waals surface area contributed by atoms with Gasteiger partial charge in [0.25, 0.3) is 0 Å². The van der Waals surface area contributed by atoms with Gasteiger partial charge in [-0.15, -0.1) is 0 Å². The molecule has 0 spiro atoms. The molecular formula is C9H10N4O. The summed E-state index contributed by atoms with van der Waals surface area (Å²) in [6.45, 7) is 0.265. The minimum atomic E-state index is -0.219. The highest BCUT2D eigenvalue weighted by atomic mass is 16.1. The molecule has 72 valence electrons. The number of aromatic nitrogens is 2. The predicted octanol–water partition coefficient (Wildman–Crippen LogP) is -1.10. The smallest absolute Gasteiger partial charge is 0.234 e. The maximum absolute atomic E-state index is 10.7. The summed E-state index contributed by atoms with van der Waals surface area (Å²) in [4.78, 5) is 18.3. The molecule has 5 heteroatoms. The summed E-state index contributed by atoms with van der Waals surface area (Å²) in [6, 6.07) is 0. The fraction of sp³-hybridized carbons (Fsp3) is 0.222. The Balaban J connectivity index is 2.38. The van der Waals surface area contributed by atoms with Crippen molar-refractivity contribution in [3.63, 3.8) is 0 Å². The van der Waals surface area contributed by atoms with Gasteiger partial charge in [0.15, 0.2) is 0 Å². The van der Waals surface area contributed by atoms with Crippen molar-refractivity contribution in [1.29, 1.82) is 0 Å². The second-order valence-electron chi connectivity index (χ2n) is 2.41. The lowest BCUT2D eigenvalue weighted by Crippen LogP contribution is -2.30. The van der Waals surface area contributed by atoms with Gasteiger partial charge in [-0.05, 0) is 0 Å². The molecule has 1 aromatic heterocycles. The Morgan fingerprint density at radius 2 is 2.21 bits per heavy atom. The molecule has 0 aliphatic heterocycles. The van der Waals surface area contributed by atoms with E-state index in [1.54, 1.807) is 12.4 Å². The first kappa shape index (κ1) is 10.2. The summed E-state index contributed by atoms with van der Waals surface area (Å²) in [5.41, 5.74) is 5.80. The van der Waals surface area contributed by atoms with Crippen molar-refractivity contribution in [1.82, 2.24) is 15.3 Å². The third-order valence-corrected chi connectivity index (χ3v) is 1.35. The van der Waals surface area contributed by atoms with E-state index in [1.165, 1.54) is 6.33 Å². The molecule has 0 fully saturated rings. The van der Waals surface area contributed by atoms with Crippen LogP contribution in [0.3, 0.4) is 0 Å².